The molecule has 1 saturated heterocycles. The first-order chi connectivity index (χ1) is 8.33. The highest BCUT2D eigenvalue weighted by Crippen LogP contribution is 2.25. The third-order valence-electron chi connectivity index (χ3n) is 2.93. The Balaban J connectivity index is 2.07. The summed E-state index contributed by atoms with van der Waals surface area (Å²) in [5, 5.41) is 3.97. The summed E-state index contributed by atoms with van der Waals surface area (Å²) in [5.41, 5.74) is 0. The predicted octanol–water partition coefficient (Wildman–Crippen LogP) is 2.24. The van der Waals surface area contributed by atoms with Gasteiger partial charge in [0.25, 0.3) is 0 Å². The van der Waals surface area contributed by atoms with Gasteiger partial charge in [-0.15, -0.1) is 0 Å². The van der Waals surface area contributed by atoms with Gasteiger partial charge in [0, 0.05) is 36.7 Å². The molecule has 1 aromatic heterocycles. The average molecular weight is 252 g/mol. The first-order valence-corrected chi connectivity index (χ1v) is 7.30. The molecular weight excluding hydrogens is 232 g/mol. The summed E-state index contributed by atoms with van der Waals surface area (Å²) in [4.78, 5) is 11.0. The zero-order chi connectivity index (χ0) is 12.1. The van der Waals surface area contributed by atoms with Crippen LogP contribution in [0.15, 0.2) is 12.4 Å². The lowest BCUT2D eigenvalue weighted by atomic mass is 10.3. The Morgan fingerprint density at radius 1 is 1.47 bits per heavy atom. The molecule has 0 spiro atoms. The van der Waals surface area contributed by atoms with Crippen molar-refractivity contribution in [3.63, 3.8) is 0 Å². The van der Waals surface area contributed by atoms with Crippen molar-refractivity contribution in [1.29, 1.82) is 0 Å². The normalized spacial score (nSPS) is 20.4. The summed E-state index contributed by atoms with van der Waals surface area (Å²) in [6.45, 7) is 7.41. The topological polar surface area (TPSA) is 41.0 Å². The molecule has 1 aromatic rings. The van der Waals surface area contributed by atoms with Crippen molar-refractivity contribution in [1.82, 2.24) is 9.97 Å². The van der Waals surface area contributed by atoms with Crippen molar-refractivity contribution in [3.8, 4) is 0 Å². The maximum atomic E-state index is 4.38. The maximum absolute atomic E-state index is 4.38. The molecule has 94 valence electrons. The predicted molar refractivity (Wildman–Crippen MR) is 74.9 cm³/mol. The van der Waals surface area contributed by atoms with Crippen LogP contribution in [0.3, 0.4) is 0 Å². The molecule has 1 atom stereocenters. The van der Waals surface area contributed by atoms with Crippen LogP contribution in [0.25, 0.3) is 0 Å². The zero-order valence-electron chi connectivity index (χ0n) is 10.5. The van der Waals surface area contributed by atoms with E-state index in [4.69, 9.17) is 0 Å². The van der Waals surface area contributed by atoms with Gasteiger partial charge in [-0.3, -0.25) is 0 Å². The fourth-order valence-electron chi connectivity index (χ4n) is 1.97. The van der Waals surface area contributed by atoms with Crippen LogP contribution in [-0.2, 0) is 0 Å². The number of nitrogens with zero attached hydrogens (tertiary/aromatic N) is 3. The number of anilines is 2. The molecule has 0 amide bonds. The number of hydrogen-bond donors (Lipinski definition) is 1. The summed E-state index contributed by atoms with van der Waals surface area (Å²) in [6, 6.07) is 2.05. The van der Waals surface area contributed by atoms with E-state index in [9.17, 15) is 0 Å². The van der Waals surface area contributed by atoms with Crippen molar-refractivity contribution in [3.05, 3.63) is 12.4 Å². The summed E-state index contributed by atoms with van der Waals surface area (Å²) >= 11 is 2.08. The Kier molecular flexibility index (Phi) is 4.48. The Hall–Kier alpha value is -0.970. The molecule has 0 bridgehead atoms. The van der Waals surface area contributed by atoms with Crippen molar-refractivity contribution in [2.45, 2.75) is 25.5 Å². The fourth-order valence-corrected chi connectivity index (χ4v) is 3.15. The van der Waals surface area contributed by atoms with Crippen LogP contribution in [0, 0.1) is 0 Å². The summed E-state index contributed by atoms with van der Waals surface area (Å²) in [5.74, 6) is 3.16. The fraction of sp³-hybridized carbons (Fsp3) is 0.667. The van der Waals surface area contributed by atoms with E-state index in [0.29, 0.717) is 0 Å². The summed E-state index contributed by atoms with van der Waals surface area (Å²) < 4.78 is 0. The van der Waals surface area contributed by atoms with Gasteiger partial charge in [-0.1, -0.05) is 6.92 Å². The quantitative estimate of drug-likeness (QED) is 0.890. The minimum atomic E-state index is 0.737. The smallest absolute Gasteiger partial charge is 0.134 e. The standard InChI is InChI=1S/C12H20N4S/c1-3-10-8-16(5-6-17-10)12-7-11(13-4-2)14-9-15-12/h7,9-10H,3-6,8H2,1-2H3,(H,13,14,15). The Bertz CT molecular complexity index is 358. The molecule has 1 N–H and O–H groups in total. The summed E-state index contributed by atoms with van der Waals surface area (Å²) in [6.07, 6.45) is 2.88. The highest BCUT2D eigenvalue weighted by Gasteiger charge is 2.20. The van der Waals surface area contributed by atoms with Crippen molar-refractivity contribution in [2.24, 2.45) is 0 Å². The van der Waals surface area contributed by atoms with Gasteiger partial charge in [0.1, 0.15) is 18.0 Å². The van der Waals surface area contributed by atoms with Gasteiger partial charge in [0.05, 0.1) is 0 Å². The Morgan fingerprint density at radius 3 is 3.12 bits per heavy atom. The van der Waals surface area contributed by atoms with Crippen LogP contribution >= 0.6 is 11.8 Å². The first-order valence-electron chi connectivity index (χ1n) is 6.26. The van der Waals surface area contributed by atoms with Gasteiger partial charge in [-0.05, 0) is 13.3 Å². The molecule has 5 heteroatoms. The molecule has 2 rings (SSSR count). The zero-order valence-corrected chi connectivity index (χ0v) is 11.3. The largest absolute Gasteiger partial charge is 0.370 e. The molecule has 1 aliphatic rings. The van der Waals surface area contributed by atoms with Crippen LogP contribution in [0.5, 0.6) is 0 Å². The first kappa shape index (κ1) is 12.5. The Labute approximate surface area is 107 Å². The van der Waals surface area contributed by atoms with Gasteiger partial charge < -0.3 is 10.2 Å². The molecular formula is C12H20N4S. The molecule has 0 aromatic carbocycles. The van der Waals surface area contributed by atoms with E-state index in [-0.39, 0.29) is 0 Å². The van der Waals surface area contributed by atoms with Crippen LogP contribution in [0.4, 0.5) is 11.6 Å². The molecule has 1 aliphatic heterocycles. The molecule has 0 saturated carbocycles. The van der Waals surface area contributed by atoms with Crippen LogP contribution in [0.1, 0.15) is 20.3 Å². The summed E-state index contributed by atoms with van der Waals surface area (Å²) in [7, 11) is 0. The number of nitrogens with one attached hydrogen (secondary N) is 1. The number of hydrogen-bond acceptors (Lipinski definition) is 5. The van der Waals surface area contributed by atoms with Gasteiger partial charge >= 0.3 is 0 Å². The van der Waals surface area contributed by atoms with Gasteiger partial charge in [0.2, 0.25) is 0 Å². The second-order valence-corrected chi connectivity index (χ2v) is 5.55. The highest BCUT2D eigenvalue weighted by molar-refractivity contribution is 8.00. The molecule has 4 nitrogen and oxygen atoms in total. The third kappa shape index (κ3) is 3.25. The minimum Gasteiger partial charge on any atom is -0.370 e. The van der Waals surface area contributed by atoms with Crippen LogP contribution in [0.2, 0.25) is 0 Å². The van der Waals surface area contributed by atoms with Crippen molar-refractivity contribution < 1.29 is 0 Å². The second-order valence-electron chi connectivity index (χ2n) is 4.14. The van der Waals surface area contributed by atoms with Gasteiger partial charge in [-0.2, -0.15) is 11.8 Å². The van der Waals surface area contributed by atoms with Gasteiger partial charge in [-0.25, -0.2) is 9.97 Å². The van der Waals surface area contributed by atoms with Crippen LogP contribution in [-0.4, -0.2) is 40.6 Å². The number of thioether (sulfide) groups is 1. The second kappa shape index (κ2) is 6.10. The SMILES string of the molecule is CCNc1cc(N2CCSC(CC)C2)ncn1. The van der Waals surface area contributed by atoms with Crippen molar-refractivity contribution >= 4 is 23.4 Å². The molecule has 0 aliphatic carbocycles. The average Bonchev–Trinajstić information content (AvgIpc) is 2.40. The molecule has 1 unspecified atom stereocenters. The molecule has 17 heavy (non-hydrogen) atoms. The minimum absolute atomic E-state index is 0.737. The highest BCUT2D eigenvalue weighted by atomic mass is 32.2. The molecule has 0 radical (unpaired) electrons. The van der Waals surface area contributed by atoms with E-state index < -0.39 is 0 Å². The van der Waals surface area contributed by atoms with Crippen molar-refractivity contribution in [2.75, 3.05) is 35.6 Å². The lowest BCUT2D eigenvalue weighted by Crippen LogP contribution is -2.38. The Morgan fingerprint density at radius 2 is 2.35 bits per heavy atom. The van der Waals surface area contributed by atoms with Gasteiger partial charge in [0.15, 0.2) is 0 Å². The van der Waals surface area contributed by atoms with E-state index in [1.165, 1.54) is 12.2 Å². The number of rotatable bonds is 4. The molecule has 1 fully saturated rings. The van der Waals surface area contributed by atoms with E-state index in [0.717, 1.165) is 36.5 Å². The maximum Gasteiger partial charge on any atom is 0.134 e. The lowest BCUT2D eigenvalue weighted by Gasteiger charge is -2.32. The van der Waals surface area contributed by atoms with Crippen LogP contribution < -0.4 is 10.2 Å². The van der Waals surface area contributed by atoms with E-state index in [2.05, 4.69) is 45.8 Å². The van der Waals surface area contributed by atoms with E-state index in [1.807, 2.05) is 6.07 Å². The molecule has 2 heterocycles. The van der Waals surface area contributed by atoms with E-state index >= 15 is 0 Å². The third-order valence-corrected chi connectivity index (χ3v) is 4.30. The number of aromatic nitrogens is 2. The van der Waals surface area contributed by atoms with E-state index in [1.54, 1.807) is 6.33 Å². The lowest BCUT2D eigenvalue weighted by molar-refractivity contribution is 0.719. The monoisotopic (exact) mass is 252 g/mol.